The molecule has 0 bridgehead atoms. The third kappa shape index (κ3) is 3.30. The van der Waals surface area contributed by atoms with E-state index in [1.54, 1.807) is 0 Å². The van der Waals surface area contributed by atoms with Gasteiger partial charge in [-0.1, -0.05) is 38.1 Å². The predicted molar refractivity (Wildman–Crippen MR) is 75.8 cm³/mol. The summed E-state index contributed by atoms with van der Waals surface area (Å²) in [5.74, 6) is 0.673. The smallest absolute Gasteiger partial charge is 0.223 e. The topological polar surface area (TPSA) is 25.8 Å². The van der Waals surface area contributed by atoms with Gasteiger partial charge in [0.2, 0.25) is 5.28 Å². The molecule has 1 aromatic heterocycles. The zero-order chi connectivity index (χ0) is 13.1. The van der Waals surface area contributed by atoms with Gasteiger partial charge in [-0.15, -0.1) is 0 Å². The normalized spacial score (nSPS) is 10.9. The van der Waals surface area contributed by atoms with Crippen molar-refractivity contribution in [2.24, 2.45) is 5.92 Å². The lowest BCUT2D eigenvalue weighted by Crippen LogP contribution is -1.94. The summed E-state index contributed by atoms with van der Waals surface area (Å²) in [6.07, 6.45) is 1.10. The Morgan fingerprint density at radius 3 is 2.33 bits per heavy atom. The summed E-state index contributed by atoms with van der Waals surface area (Å²) in [6.45, 7) is 6.37. The van der Waals surface area contributed by atoms with Crippen LogP contribution in [0.1, 0.15) is 25.1 Å². The number of aryl methyl sites for hydroxylation is 1. The molecule has 0 radical (unpaired) electrons. The second-order valence-electron chi connectivity index (χ2n) is 4.96. The first kappa shape index (κ1) is 13.0. The molecule has 18 heavy (non-hydrogen) atoms. The Morgan fingerprint density at radius 2 is 1.78 bits per heavy atom. The van der Waals surface area contributed by atoms with E-state index in [1.807, 2.05) is 13.0 Å². The molecule has 0 aliphatic carbocycles. The van der Waals surface area contributed by atoms with Gasteiger partial charge in [0, 0.05) is 11.3 Å². The van der Waals surface area contributed by atoms with E-state index in [2.05, 4.69) is 48.1 Å². The van der Waals surface area contributed by atoms with Crippen LogP contribution in [0.15, 0.2) is 30.3 Å². The highest BCUT2D eigenvalue weighted by molar-refractivity contribution is 6.28. The highest BCUT2D eigenvalue weighted by atomic mass is 35.5. The molecule has 2 rings (SSSR count). The molecule has 2 aromatic rings. The van der Waals surface area contributed by atoms with Gasteiger partial charge in [0.05, 0.1) is 5.69 Å². The summed E-state index contributed by atoms with van der Waals surface area (Å²) in [7, 11) is 0. The molecular weight excluding hydrogens is 244 g/mol. The van der Waals surface area contributed by atoms with Crippen LogP contribution in [-0.4, -0.2) is 9.97 Å². The Labute approximate surface area is 113 Å². The Morgan fingerprint density at radius 1 is 1.11 bits per heavy atom. The fraction of sp³-hybridized carbons (Fsp3) is 0.333. The molecule has 0 atom stereocenters. The summed E-state index contributed by atoms with van der Waals surface area (Å²) < 4.78 is 0. The number of hydrogen-bond donors (Lipinski definition) is 0. The van der Waals surface area contributed by atoms with Crippen molar-refractivity contribution in [3.05, 3.63) is 46.9 Å². The molecule has 0 unspecified atom stereocenters. The molecule has 1 heterocycles. The number of benzene rings is 1. The van der Waals surface area contributed by atoms with Crippen molar-refractivity contribution in [2.75, 3.05) is 0 Å². The van der Waals surface area contributed by atoms with Crippen LogP contribution in [0.2, 0.25) is 5.28 Å². The van der Waals surface area contributed by atoms with E-state index in [4.69, 9.17) is 11.6 Å². The van der Waals surface area contributed by atoms with Crippen molar-refractivity contribution < 1.29 is 0 Å². The molecule has 1 aromatic carbocycles. The average Bonchev–Trinajstić information content (AvgIpc) is 2.27. The predicted octanol–water partition coefficient (Wildman–Crippen LogP) is 4.30. The van der Waals surface area contributed by atoms with Gasteiger partial charge in [-0.2, -0.15) is 0 Å². The molecular formula is C15H17ClN2. The fourth-order valence-electron chi connectivity index (χ4n) is 1.96. The van der Waals surface area contributed by atoms with Gasteiger partial charge in [-0.05, 0) is 42.5 Å². The van der Waals surface area contributed by atoms with Crippen LogP contribution in [0.5, 0.6) is 0 Å². The lowest BCUT2D eigenvalue weighted by molar-refractivity contribution is 0.647. The third-order valence-electron chi connectivity index (χ3n) is 2.72. The van der Waals surface area contributed by atoms with Crippen LogP contribution in [-0.2, 0) is 6.42 Å². The highest BCUT2D eigenvalue weighted by Gasteiger charge is 2.04. The second-order valence-corrected chi connectivity index (χ2v) is 5.30. The molecule has 0 saturated heterocycles. The number of halogens is 1. The monoisotopic (exact) mass is 260 g/mol. The highest BCUT2D eigenvalue weighted by Crippen LogP contribution is 2.20. The maximum absolute atomic E-state index is 5.88. The summed E-state index contributed by atoms with van der Waals surface area (Å²) >= 11 is 5.88. The minimum absolute atomic E-state index is 0.302. The number of nitrogens with zero attached hydrogens (tertiary/aromatic N) is 2. The van der Waals surface area contributed by atoms with Crippen LogP contribution >= 0.6 is 11.6 Å². The maximum Gasteiger partial charge on any atom is 0.223 e. The van der Waals surface area contributed by atoms with Crippen molar-refractivity contribution in [1.82, 2.24) is 9.97 Å². The second kappa shape index (κ2) is 5.49. The van der Waals surface area contributed by atoms with Gasteiger partial charge in [0.25, 0.3) is 0 Å². The molecule has 0 amide bonds. The fourth-order valence-corrected chi connectivity index (χ4v) is 2.19. The average molecular weight is 261 g/mol. The standard InChI is InChI=1S/C15H17ClN2/c1-10(2)8-12-4-6-13(7-5-12)14-9-11(3)17-15(16)18-14/h4-7,9-10H,8H2,1-3H3. The van der Waals surface area contributed by atoms with Gasteiger partial charge < -0.3 is 0 Å². The molecule has 0 fully saturated rings. The molecule has 0 N–H and O–H groups in total. The lowest BCUT2D eigenvalue weighted by Gasteiger charge is -2.07. The number of rotatable bonds is 3. The summed E-state index contributed by atoms with van der Waals surface area (Å²) in [5, 5.41) is 0.302. The molecule has 0 spiro atoms. The van der Waals surface area contributed by atoms with E-state index in [1.165, 1.54) is 5.56 Å². The van der Waals surface area contributed by atoms with Crippen LogP contribution < -0.4 is 0 Å². The summed E-state index contributed by atoms with van der Waals surface area (Å²) in [4.78, 5) is 8.32. The summed E-state index contributed by atoms with van der Waals surface area (Å²) in [6, 6.07) is 10.4. The van der Waals surface area contributed by atoms with Gasteiger partial charge in [-0.3, -0.25) is 0 Å². The minimum atomic E-state index is 0.302. The van der Waals surface area contributed by atoms with Crippen LogP contribution in [0.4, 0.5) is 0 Å². The maximum atomic E-state index is 5.88. The van der Waals surface area contributed by atoms with E-state index in [9.17, 15) is 0 Å². The van der Waals surface area contributed by atoms with E-state index < -0.39 is 0 Å². The van der Waals surface area contributed by atoms with Gasteiger partial charge in [-0.25, -0.2) is 9.97 Å². The van der Waals surface area contributed by atoms with Crippen molar-refractivity contribution in [3.8, 4) is 11.3 Å². The molecule has 94 valence electrons. The first-order chi connectivity index (χ1) is 8.54. The van der Waals surface area contributed by atoms with Gasteiger partial charge >= 0.3 is 0 Å². The Hall–Kier alpha value is -1.41. The Balaban J connectivity index is 2.28. The van der Waals surface area contributed by atoms with Crippen molar-refractivity contribution in [3.63, 3.8) is 0 Å². The number of aromatic nitrogens is 2. The zero-order valence-electron chi connectivity index (χ0n) is 10.9. The summed E-state index contributed by atoms with van der Waals surface area (Å²) in [5.41, 5.74) is 4.19. The van der Waals surface area contributed by atoms with E-state index in [0.29, 0.717) is 11.2 Å². The SMILES string of the molecule is Cc1cc(-c2ccc(CC(C)C)cc2)nc(Cl)n1. The molecule has 3 heteroatoms. The largest absolute Gasteiger partial charge is 0.223 e. The Kier molecular flexibility index (Phi) is 3.97. The lowest BCUT2D eigenvalue weighted by atomic mass is 10.0. The number of hydrogen-bond acceptors (Lipinski definition) is 2. The Bertz CT molecular complexity index is 512. The quantitative estimate of drug-likeness (QED) is 0.769. The van der Waals surface area contributed by atoms with Crippen LogP contribution in [0, 0.1) is 12.8 Å². The molecule has 0 saturated carbocycles. The van der Waals surface area contributed by atoms with Crippen molar-refractivity contribution in [2.45, 2.75) is 27.2 Å². The minimum Gasteiger partial charge on any atom is -0.223 e. The first-order valence-corrected chi connectivity index (χ1v) is 6.53. The first-order valence-electron chi connectivity index (χ1n) is 6.15. The van der Waals surface area contributed by atoms with Crippen molar-refractivity contribution in [1.29, 1.82) is 0 Å². The third-order valence-corrected chi connectivity index (χ3v) is 2.89. The van der Waals surface area contributed by atoms with Crippen LogP contribution in [0.25, 0.3) is 11.3 Å². The van der Waals surface area contributed by atoms with E-state index >= 15 is 0 Å². The van der Waals surface area contributed by atoms with Gasteiger partial charge in [0.1, 0.15) is 0 Å². The molecule has 2 nitrogen and oxygen atoms in total. The van der Waals surface area contributed by atoms with Crippen molar-refractivity contribution >= 4 is 11.6 Å². The van der Waals surface area contributed by atoms with E-state index in [-0.39, 0.29) is 0 Å². The zero-order valence-corrected chi connectivity index (χ0v) is 11.7. The van der Waals surface area contributed by atoms with Gasteiger partial charge in [0.15, 0.2) is 0 Å². The van der Waals surface area contributed by atoms with Crippen LogP contribution in [0.3, 0.4) is 0 Å². The molecule has 0 aliphatic heterocycles. The van der Waals surface area contributed by atoms with E-state index in [0.717, 1.165) is 23.4 Å². The molecule has 0 aliphatic rings.